The first-order valence-electron chi connectivity index (χ1n) is 13.6. The number of nitrogens with one attached hydrogen (secondary N) is 5. The van der Waals surface area contributed by atoms with Crippen molar-refractivity contribution in [3.63, 3.8) is 0 Å². The van der Waals surface area contributed by atoms with Crippen LogP contribution in [0.5, 0.6) is 0 Å². The zero-order valence-electron chi connectivity index (χ0n) is 21.9. The summed E-state index contributed by atoms with van der Waals surface area (Å²) in [7, 11) is 0. The summed E-state index contributed by atoms with van der Waals surface area (Å²) in [6.07, 6.45) is 10.5. The van der Waals surface area contributed by atoms with Crippen LogP contribution in [0.25, 0.3) is 22.0 Å². The normalized spacial score (nSPS) is 16.5. The first-order valence-corrected chi connectivity index (χ1v) is 13.6. The maximum Gasteiger partial charge on any atom is 0.256 e. The Kier molecular flexibility index (Phi) is 6.42. The van der Waals surface area contributed by atoms with E-state index in [1.807, 2.05) is 37.3 Å². The summed E-state index contributed by atoms with van der Waals surface area (Å²) < 4.78 is 0. The van der Waals surface area contributed by atoms with Gasteiger partial charge in [0.2, 0.25) is 5.91 Å². The predicted molar refractivity (Wildman–Crippen MR) is 151 cm³/mol. The highest BCUT2D eigenvalue weighted by molar-refractivity contribution is 6.16. The van der Waals surface area contributed by atoms with Crippen LogP contribution < -0.4 is 16.0 Å². The average molecular weight is 525 g/mol. The number of rotatable bonds is 7. The minimum Gasteiger partial charge on any atom is -0.349 e. The van der Waals surface area contributed by atoms with Gasteiger partial charge in [0.05, 0.1) is 11.8 Å². The van der Waals surface area contributed by atoms with E-state index in [1.54, 1.807) is 24.5 Å². The number of amides is 3. The lowest BCUT2D eigenvalue weighted by Crippen LogP contribution is -2.35. The number of benzene rings is 2. The predicted octanol–water partition coefficient (Wildman–Crippen LogP) is 5.61. The van der Waals surface area contributed by atoms with Crippen LogP contribution in [-0.2, 0) is 4.79 Å². The molecular weight excluding hydrogens is 492 g/mol. The van der Waals surface area contributed by atoms with E-state index in [0.29, 0.717) is 33.5 Å². The average Bonchev–Trinajstić information content (AvgIpc) is 3.43. The summed E-state index contributed by atoms with van der Waals surface area (Å²) in [5.74, 6) is -0.220. The summed E-state index contributed by atoms with van der Waals surface area (Å²) >= 11 is 0. The third kappa shape index (κ3) is 5.16. The number of hydrogen-bond acceptors (Lipinski definition) is 4. The van der Waals surface area contributed by atoms with Gasteiger partial charge in [0.15, 0.2) is 0 Å². The van der Waals surface area contributed by atoms with E-state index in [1.165, 1.54) is 6.42 Å². The molecule has 0 spiro atoms. The molecule has 9 nitrogen and oxygen atoms in total. The quantitative estimate of drug-likeness (QED) is 0.215. The zero-order chi connectivity index (χ0) is 27.0. The molecule has 0 atom stereocenters. The molecule has 2 aliphatic carbocycles. The van der Waals surface area contributed by atoms with Crippen LogP contribution in [0.4, 0.5) is 11.5 Å². The largest absolute Gasteiger partial charge is 0.349 e. The minimum atomic E-state index is -0.370. The van der Waals surface area contributed by atoms with Crippen molar-refractivity contribution in [1.82, 2.24) is 20.5 Å². The second-order valence-corrected chi connectivity index (χ2v) is 11.0. The van der Waals surface area contributed by atoms with Crippen molar-refractivity contribution in [1.29, 1.82) is 0 Å². The van der Waals surface area contributed by atoms with Crippen molar-refractivity contribution < 1.29 is 14.4 Å². The highest BCUT2D eigenvalue weighted by atomic mass is 16.2. The van der Waals surface area contributed by atoms with Crippen molar-refractivity contribution >= 4 is 40.1 Å². The van der Waals surface area contributed by atoms with E-state index < -0.39 is 0 Å². The van der Waals surface area contributed by atoms with E-state index in [4.69, 9.17) is 0 Å². The van der Waals surface area contributed by atoms with Crippen LogP contribution in [0.1, 0.15) is 72.6 Å². The third-order valence-corrected chi connectivity index (χ3v) is 7.92. The van der Waals surface area contributed by atoms with Gasteiger partial charge in [-0.15, -0.1) is 0 Å². The zero-order valence-corrected chi connectivity index (χ0v) is 21.9. The molecule has 2 fully saturated rings. The third-order valence-electron chi connectivity index (χ3n) is 7.92. The number of H-pyrrole nitrogens is 2. The Bertz CT molecular complexity index is 1530. The molecule has 4 aromatic rings. The maximum absolute atomic E-state index is 13.2. The fraction of sp³-hybridized carbons (Fsp3) is 0.333. The van der Waals surface area contributed by atoms with Gasteiger partial charge in [-0.2, -0.15) is 5.10 Å². The van der Waals surface area contributed by atoms with Gasteiger partial charge >= 0.3 is 0 Å². The summed E-state index contributed by atoms with van der Waals surface area (Å²) in [5.41, 5.74) is 3.66. The number of aromatic nitrogens is 3. The van der Waals surface area contributed by atoms with Crippen LogP contribution in [0.15, 0.2) is 54.9 Å². The molecule has 0 bridgehead atoms. The van der Waals surface area contributed by atoms with Crippen molar-refractivity contribution in [2.45, 2.75) is 57.9 Å². The first kappa shape index (κ1) is 24.9. The second kappa shape index (κ2) is 10.1. The molecule has 6 rings (SSSR count). The molecule has 2 aromatic heterocycles. The van der Waals surface area contributed by atoms with Gasteiger partial charge < -0.3 is 20.9 Å². The second-order valence-electron chi connectivity index (χ2n) is 11.0. The van der Waals surface area contributed by atoms with Gasteiger partial charge in [-0.1, -0.05) is 38.3 Å². The van der Waals surface area contributed by atoms with Gasteiger partial charge in [0.25, 0.3) is 11.8 Å². The smallest absolute Gasteiger partial charge is 0.256 e. The van der Waals surface area contributed by atoms with Gasteiger partial charge in [0.1, 0.15) is 5.82 Å². The van der Waals surface area contributed by atoms with Crippen LogP contribution >= 0.6 is 0 Å². The van der Waals surface area contributed by atoms with Crippen molar-refractivity contribution in [2.75, 3.05) is 10.6 Å². The molecule has 2 aromatic carbocycles. The van der Waals surface area contributed by atoms with Crippen LogP contribution in [0.2, 0.25) is 0 Å². The molecule has 2 saturated carbocycles. The summed E-state index contributed by atoms with van der Waals surface area (Å²) in [4.78, 5) is 42.7. The SMILES string of the molecule is CC1(C(=O)Nc2ccc3c(C(=O)NC4CC4)c(NC(=O)c4ccc(-c5cn[nH]c5)cc4)[nH]c3c2)CCCCC1. The number of carbonyl (C=O) groups excluding carboxylic acids is 3. The Morgan fingerprint density at radius 3 is 2.38 bits per heavy atom. The Hall–Kier alpha value is -4.40. The number of nitrogens with zero attached hydrogens (tertiary/aromatic N) is 1. The summed E-state index contributed by atoms with van der Waals surface area (Å²) in [6, 6.07) is 12.8. The highest BCUT2D eigenvalue weighted by Gasteiger charge is 2.34. The van der Waals surface area contributed by atoms with E-state index in [9.17, 15) is 14.4 Å². The Balaban J connectivity index is 1.27. The molecule has 5 N–H and O–H groups in total. The standard InChI is InChI=1S/C30H32N6O3/c1-30(13-3-2-4-14-30)29(39)34-22-11-12-23-24(15-22)35-26(25(23)28(38)33-21-9-10-21)36-27(37)19-7-5-18(6-8-19)20-16-31-32-17-20/h5-8,11-12,15-17,21,35H,2-4,9-10,13-14H2,1H3,(H,31,32)(H,33,38)(H,34,39)(H,36,37). The molecule has 200 valence electrons. The summed E-state index contributed by atoms with van der Waals surface area (Å²) in [5, 5.41) is 16.4. The monoisotopic (exact) mass is 524 g/mol. The molecular formula is C30H32N6O3. The molecule has 0 radical (unpaired) electrons. The van der Waals surface area contributed by atoms with Gasteiger partial charge in [-0.3, -0.25) is 19.5 Å². The minimum absolute atomic E-state index is 0.0206. The van der Waals surface area contributed by atoms with Gasteiger partial charge in [-0.05, 0) is 61.6 Å². The van der Waals surface area contributed by atoms with Gasteiger partial charge in [-0.25, -0.2) is 0 Å². The van der Waals surface area contributed by atoms with E-state index >= 15 is 0 Å². The lowest BCUT2D eigenvalue weighted by Gasteiger charge is -2.32. The summed E-state index contributed by atoms with van der Waals surface area (Å²) in [6.45, 7) is 2.03. The van der Waals surface area contributed by atoms with E-state index in [0.717, 1.165) is 49.7 Å². The fourth-order valence-corrected chi connectivity index (χ4v) is 5.34. The number of carbonyl (C=O) groups is 3. The molecule has 9 heteroatoms. The molecule has 39 heavy (non-hydrogen) atoms. The van der Waals surface area contributed by atoms with Crippen molar-refractivity contribution in [3.05, 3.63) is 66.0 Å². The van der Waals surface area contributed by atoms with Gasteiger partial charge in [0, 0.05) is 45.4 Å². The molecule has 0 aliphatic heterocycles. The number of aromatic amines is 2. The fourth-order valence-electron chi connectivity index (χ4n) is 5.34. The van der Waals surface area contributed by atoms with E-state index in [-0.39, 0.29) is 29.2 Å². The molecule has 3 amide bonds. The molecule has 2 heterocycles. The first-order chi connectivity index (χ1) is 18.9. The topological polar surface area (TPSA) is 132 Å². The maximum atomic E-state index is 13.2. The number of anilines is 2. The molecule has 0 unspecified atom stereocenters. The number of hydrogen-bond donors (Lipinski definition) is 5. The molecule has 2 aliphatic rings. The van der Waals surface area contributed by atoms with Crippen LogP contribution in [-0.4, -0.2) is 38.9 Å². The lowest BCUT2D eigenvalue weighted by molar-refractivity contribution is -0.126. The van der Waals surface area contributed by atoms with Crippen LogP contribution in [0, 0.1) is 5.41 Å². The van der Waals surface area contributed by atoms with E-state index in [2.05, 4.69) is 31.1 Å². The highest BCUT2D eigenvalue weighted by Crippen LogP contribution is 2.37. The molecule has 0 saturated heterocycles. The van der Waals surface area contributed by atoms with Crippen LogP contribution in [0.3, 0.4) is 0 Å². The van der Waals surface area contributed by atoms with Crippen molar-refractivity contribution in [2.24, 2.45) is 5.41 Å². The Morgan fingerprint density at radius 1 is 0.923 bits per heavy atom. The van der Waals surface area contributed by atoms with Crippen molar-refractivity contribution in [3.8, 4) is 11.1 Å². The Morgan fingerprint density at radius 2 is 1.69 bits per heavy atom. The lowest BCUT2D eigenvalue weighted by atomic mass is 9.75. The number of fused-ring (bicyclic) bond motifs is 1. The Labute approximate surface area is 226 Å².